The van der Waals surface area contributed by atoms with Crippen LogP contribution in [0.2, 0.25) is 0 Å². The highest BCUT2D eigenvalue weighted by Gasteiger charge is 2.28. The number of amides is 1. The van der Waals surface area contributed by atoms with Crippen molar-refractivity contribution in [1.29, 1.82) is 0 Å². The van der Waals surface area contributed by atoms with Crippen LogP contribution in [0.1, 0.15) is 60.5 Å². The van der Waals surface area contributed by atoms with Crippen molar-refractivity contribution >= 4 is 23.9 Å². The third kappa shape index (κ3) is 2.81. The summed E-state index contributed by atoms with van der Waals surface area (Å²) < 4.78 is 5.97. The lowest BCUT2D eigenvalue weighted by molar-refractivity contribution is 0.0594. The second-order valence-electron chi connectivity index (χ2n) is 6.52. The molecule has 0 aliphatic heterocycles. The van der Waals surface area contributed by atoms with Gasteiger partial charge >= 0.3 is 5.97 Å². The topological polar surface area (TPSA) is 116 Å². The number of nitrogens with one attached hydrogen (secondary N) is 1. The van der Waals surface area contributed by atoms with Crippen LogP contribution in [0.3, 0.4) is 0 Å². The smallest absolute Gasteiger partial charge is 0.356 e. The Hall–Kier alpha value is -3.62. The summed E-state index contributed by atoms with van der Waals surface area (Å²) in [6.45, 7) is 1.91. The fourth-order valence-electron chi connectivity index (χ4n) is 3.59. The highest BCUT2D eigenvalue weighted by atomic mass is 16.5. The Labute approximate surface area is 159 Å². The van der Waals surface area contributed by atoms with Gasteiger partial charge in [-0.1, -0.05) is 12.1 Å². The van der Waals surface area contributed by atoms with E-state index >= 15 is 0 Å². The van der Waals surface area contributed by atoms with Gasteiger partial charge in [-0.3, -0.25) is 9.59 Å². The second kappa shape index (κ2) is 6.84. The summed E-state index contributed by atoms with van der Waals surface area (Å²) in [7, 11) is 1.24. The molecule has 9 nitrogen and oxygen atoms in total. The first kappa shape index (κ1) is 17.8. The van der Waals surface area contributed by atoms with E-state index in [0.29, 0.717) is 5.56 Å². The molecule has 28 heavy (non-hydrogen) atoms. The Bertz CT molecular complexity index is 1120. The molecule has 1 unspecified atom stereocenters. The summed E-state index contributed by atoms with van der Waals surface area (Å²) in [6.07, 6.45) is 3.60. The first-order valence-electron chi connectivity index (χ1n) is 8.71. The normalized spacial score (nSPS) is 15.3. The standard InChI is InChI=1S/C19H17N5O4/c1-10-11(8-25)3-4-13-12(10)5-6-14(13)22-17(26)16-7-15(18(27)28-2)23-19-20-9-21-24(16)19/h3-4,7-9,14H,5-6H2,1-2H3,(H,22,26). The molecule has 0 radical (unpaired) electrons. The summed E-state index contributed by atoms with van der Waals surface area (Å²) in [5, 5.41) is 7.00. The first-order chi connectivity index (χ1) is 13.5. The molecule has 142 valence electrons. The quantitative estimate of drug-likeness (QED) is 0.539. The van der Waals surface area contributed by atoms with E-state index < -0.39 is 11.9 Å². The number of methoxy groups -OCH3 is 1. The number of benzene rings is 1. The van der Waals surface area contributed by atoms with Crippen molar-refractivity contribution in [3.63, 3.8) is 0 Å². The fraction of sp³-hybridized carbons (Fsp3) is 0.263. The van der Waals surface area contributed by atoms with Gasteiger partial charge in [0, 0.05) is 11.6 Å². The van der Waals surface area contributed by atoms with Gasteiger partial charge < -0.3 is 10.1 Å². The number of aromatic nitrogens is 4. The molecule has 0 saturated heterocycles. The molecule has 2 aromatic heterocycles. The number of carbonyl (C=O) groups is 3. The number of rotatable bonds is 4. The van der Waals surface area contributed by atoms with Crippen LogP contribution in [0.5, 0.6) is 0 Å². The van der Waals surface area contributed by atoms with E-state index in [1.807, 2.05) is 13.0 Å². The van der Waals surface area contributed by atoms with Crippen LogP contribution < -0.4 is 5.32 Å². The molecule has 3 aromatic rings. The Balaban J connectivity index is 1.68. The van der Waals surface area contributed by atoms with Gasteiger partial charge in [-0.25, -0.2) is 9.78 Å². The highest BCUT2D eigenvalue weighted by molar-refractivity contribution is 5.96. The van der Waals surface area contributed by atoms with Gasteiger partial charge in [-0.2, -0.15) is 14.6 Å². The monoisotopic (exact) mass is 379 g/mol. The summed E-state index contributed by atoms with van der Waals surface area (Å²) in [6, 6.07) is 4.78. The number of nitrogens with zero attached hydrogens (tertiary/aromatic N) is 4. The van der Waals surface area contributed by atoms with E-state index in [-0.39, 0.29) is 23.2 Å². The van der Waals surface area contributed by atoms with Gasteiger partial charge in [0.1, 0.15) is 18.3 Å². The van der Waals surface area contributed by atoms with Crippen molar-refractivity contribution in [2.45, 2.75) is 25.8 Å². The van der Waals surface area contributed by atoms with Crippen molar-refractivity contribution in [3.05, 3.63) is 58.2 Å². The lowest BCUT2D eigenvalue weighted by Gasteiger charge is -2.15. The van der Waals surface area contributed by atoms with Crippen LogP contribution in [0, 0.1) is 6.92 Å². The van der Waals surface area contributed by atoms with Gasteiger partial charge in [-0.05, 0) is 36.5 Å². The van der Waals surface area contributed by atoms with Crippen molar-refractivity contribution < 1.29 is 19.1 Å². The molecule has 1 amide bonds. The predicted octanol–water partition coefficient (Wildman–Crippen LogP) is 1.45. The lowest BCUT2D eigenvalue weighted by Crippen LogP contribution is -2.29. The zero-order chi connectivity index (χ0) is 19.8. The maximum atomic E-state index is 13.0. The molecule has 2 heterocycles. The van der Waals surface area contributed by atoms with Gasteiger partial charge in [0.15, 0.2) is 5.69 Å². The molecule has 1 N–H and O–H groups in total. The zero-order valence-corrected chi connectivity index (χ0v) is 15.3. The summed E-state index contributed by atoms with van der Waals surface area (Å²) in [5.74, 6) is -0.938. The van der Waals surface area contributed by atoms with Crippen molar-refractivity contribution in [1.82, 2.24) is 24.9 Å². The van der Waals surface area contributed by atoms with Crippen LogP contribution in [0.4, 0.5) is 0 Å². The summed E-state index contributed by atoms with van der Waals surface area (Å²) in [4.78, 5) is 44.0. The van der Waals surface area contributed by atoms with Crippen molar-refractivity contribution in [2.24, 2.45) is 0 Å². The summed E-state index contributed by atoms with van der Waals surface area (Å²) in [5.41, 5.74) is 3.80. The van der Waals surface area contributed by atoms with Crippen LogP contribution >= 0.6 is 0 Å². The molecule has 0 spiro atoms. The molecular weight excluding hydrogens is 362 g/mol. The summed E-state index contributed by atoms with van der Waals surface area (Å²) >= 11 is 0. The van der Waals surface area contributed by atoms with Crippen LogP contribution in [0.25, 0.3) is 5.78 Å². The molecule has 1 aliphatic carbocycles. The maximum absolute atomic E-state index is 13.0. The minimum Gasteiger partial charge on any atom is -0.464 e. The minimum absolute atomic E-state index is 0.0218. The van der Waals surface area contributed by atoms with Gasteiger partial charge in [-0.15, -0.1) is 0 Å². The molecule has 0 saturated carbocycles. The van der Waals surface area contributed by atoms with Crippen LogP contribution in [-0.4, -0.2) is 44.9 Å². The molecule has 0 fully saturated rings. The number of carbonyl (C=O) groups excluding carboxylic acids is 3. The third-order valence-electron chi connectivity index (χ3n) is 5.05. The SMILES string of the molecule is COC(=O)c1cc(C(=O)NC2CCc3c2ccc(C=O)c3C)n2ncnc2n1. The Morgan fingerprint density at radius 3 is 2.93 bits per heavy atom. The van der Waals surface area contributed by atoms with Crippen LogP contribution in [-0.2, 0) is 11.2 Å². The number of ether oxygens (including phenoxy) is 1. The molecule has 4 rings (SSSR count). The zero-order valence-electron chi connectivity index (χ0n) is 15.3. The molecule has 1 atom stereocenters. The van der Waals surface area contributed by atoms with E-state index in [1.165, 1.54) is 24.0 Å². The van der Waals surface area contributed by atoms with Gasteiger partial charge in [0.05, 0.1) is 13.2 Å². The van der Waals surface area contributed by atoms with Crippen molar-refractivity contribution in [3.8, 4) is 0 Å². The van der Waals surface area contributed by atoms with Crippen LogP contribution in [0.15, 0.2) is 24.5 Å². The average Bonchev–Trinajstić information content (AvgIpc) is 3.34. The molecule has 1 aliphatic rings. The second-order valence-corrected chi connectivity index (χ2v) is 6.52. The Morgan fingerprint density at radius 1 is 1.36 bits per heavy atom. The Kier molecular flexibility index (Phi) is 4.34. The fourth-order valence-corrected chi connectivity index (χ4v) is 3.59. The number of esters is 1. The Morgan fingerprint density at radius 2 is 2.18 bits per heavy atom. The molecule has 1 aromatic carbocycles. The van der Waals surface area contributed by atoms with E-state index in [4.69, 9.17) is 4.74 Å². The largest absolute Gasteiger partial charge is 0.464 e. The number of fused-ring (bicyclic) bond motifs is 2. The first-order valence-corrected chi connectivity index (χ1v) is 8.71. The number of hydrogen-bond donors (Lipinski definition) is 1. The van der Waals surface area contributed by atoms with E-state index in [0.717, 1.165) is 35.8 Å². The average molecular weight is 379 g/mol. The van der Waals surface area contributed by atoms with E-state index in [2.05, 4.69) is 20.4 Å². The number of hydrogen-bond acceptors (Lipinski definition) is 7. The number of aldehydes is 1. The highest BCUT2D eigenvalue weighted by Crippen LogP contribution is 2.34. The molecule has 9 heteroatoms. The van der Waals surface area contributed by atoms with Crippen molar-refractivity contribution in [2.75, 3.05) is 7.11 Å². The molecule has 0 bridgehead atoms. The third-order valence-corrected chi connectivity index (χ3v) is 5.05. The maximum Gasteiger partial charge on any atom is 0.356 e. The predicted molar refractivity (Wildman–Crippen MR) is 97.2 cm³/mol. The van der Waals surface area contributed by atoms with E-state index in [9.17, 15) is 14.4 Å². The minimum atomic E-state index is -0.664. The van der Waals surface area contributed by atoms with Gasteiger partial charge in [0.25, 0.3) is 11.7 Å². The van der Waals surface area contributed by atoms with Gasteiger partial charge in [0.2, 0.25) is 0 Å². The molecular formula is C19H17N5O4. The van der Waals surface area contributed by atoms with E-state index in [1.54, 1.807) is 6.07 Å². The lowest BCUT2D eigenvalue weighted by atomic mass is 9.98.